The maximum Gasteiger partial charge on any atom is 0.332 e. The Morgan fingerprint density at radius 2 is 1.95 bits per heavy atom. The number of hydrogen-bond acceptors (Lipinski definition) is 2. The van der Waals surface area contributed by atoms with Crippen LogP contribution in [0.25, 0.3) is 0 Å². The Balaban J connectivity index is 2.48. The summed E-state index contributed by atoms with van der Waals surface area (Å²) in [4.78, 5) is 23.6. The Bertz CT molecular complexity index is 499. The van der Waals surface area contributed by atoms with Crippen molar-refractivity contribution in [1.29, 1.82) is 0 Å². The zero-order valence-electron chi connectivity index (χ0n) is 12.8. The van der Waals surface area contributed by atoms with Gasteiger partial charge in [-0.25, -0.2) is 4.79 Å². The number of carboxylic acids is 2. The minimum Gasteiger partial charge on any atom is -0.481 e. The van der Waals surface area contributed by atoms with Gasteiger partial charge in [0.2, 0.25) is 0 Å². The number of allylic oxidation sites excluding steroid dienone is 2. The summed E-state index contributed by atoms with van der Waals surface area (Å²) < 4.78 is 0. The monoisotopic (exact) mass is 292 g/mol. The summed E-state index contributed by atoms with van der Waals surface area (Å²) in [7, 11) is 0. The normalized spacial score (nSPS) is 28.8. The summed E-state index contributed by atoms with van der Waals surface area (Å²) in [6.07, 6.45) is 8.84. The minimum atomic E-state index is -0.952. The van der Waals surface area contributed by atoms with Crippen LogP contribution in [0.2, 0.25) is 0 Å². The van der Waals surface area contributed by atoms with Crippen molar-refractivity contribution < 1.29 is 19.8 Å². The lowest BCUT2D eigenvalue weighted by molar-refractivity contribution is -0.145. The van der Waals surface area contributed by atoms with E-state index in [1.54, 1.807) is 19.1 Å². The molecule has 2 aliphatic carbocycles. The molecule has 2 aliphatic rings. The van der Waals surface area contributed by atoms with Crippen LogP contribution in [0.5, 0.6) is 0 Å². The minimum absolute atomic E-state index is 0.196. The average Bonchev–Trinajstić information content (AvgIpc) is 3.22. The van der Waals surface area contributed by atoms with Crippen LogP contribution >= 0.6 is 0 Å². The van der Waals surface area contributed by atoms with Gasteiger partial charge >= 0.3 is 11.9 Å². The second-order valence-electron chi connectivity index (χ2n) is 6.31. The molecule has 0 saturated heterocycles. The molecule has 1 saturated carbocycles. The lowest BCUT2D eigenvalue weighted by Gasteiger charge is -2.41. The van der Waals surface area contributed by atoms with Gasteiger partial charge in [-0.2, -0.15) is 0 Å². The van der Waals surface area contributed by atoms with Crippen molar-refractivity contribution in [2.24, 2.45) is 17.3 Å². The average molecular weight is 292 g/mol. The molecule has 0 amide bonds. The zero-order valence-corrected chi connectivity index (χ0v) is 12.8. The van der Waals surface area contributed by atoms with Crippen LogP contribution < -0.4 is 0 Å². The van der Waals surface area contributed by atoms with Gasteiger partial charge in [0.05, 0.1) is 5.92 Å². The van der Waals surface area contributed by atoms with E-state index in [-0.39, 0.29) is 5.92 Å². The molecule has 0 bridgehead atoms. The molecule has 4 nitrogen and oxygen atoms in total. The first-order chi connectivity index (χ1) is 9.95. The second-order valence-corrected chi connectivity index (χ2v) is 6.31. The Kier molecular flexibility index (Phi) is 4.55. The second kappa shape index (κ2) is 6.04. The van der Waals surface area contributed by atoms with E-state index in [0.29, 0.717) is 17.6 Å². The SMILES string of the molecule is CCCCCC1(C2CC2)C(C(=O)O)=C(C)C=CC1C(=O)O. The fourth-order valence-electron chi connectivity index (χ4n) is 3.90. The van der Waals surface area contributed by atoms with Crippen molar-refractivity contribution in [3.05, 3.63) is 23.3 Å². The van der Waals surface area contributed by atoms with Crippen LogP contribution in [-0.2, 0) is 9.59 Å². The molecule has 0 aromatic carbocycles. The molecule has 0 radical (unpaired) electrons. The van der Waals surface area contributed by atoms with Gasteiger partial charge in [0, 0.05) is 11.0 Å². The third-order valence-corrected chi connectivity index (χ3v) is 4.93. The fourth-order valence-corrected chi connectivity index (χ4v) is 3.90. The first-order valence-electron chi connectivity index (χ1n) is 7.80. The number of carboxylic acid groups (broad SMARTS) is 2. The molecule has 116 valence electrons. The predicted molar refractivity (Wildman–Crippen MR) is 79.9 cm³/mol. The van der Waals surface area contributed by atoms with Gasteiger partial charge in [0.1, 0.15) is 0 Å². The van der Waals surface area contributed by atoms with Crippen molar-refractivity contribution in [2.75, 3.05) is 0 Å². The van der Waals surface area contributed by atoms with Gasteiger partial charge in [0.25, 0.3) is 0 Å². The van der Waals surface area contributed by atoms with Crippen molar-refractivity contribution >= 4 is 11.9 Å². The van der Waals surface area contributed by atoms with Crippen LogP contribution in [-0.4, -0.2) is 22.2 Å². The molecule has 21 heavy (non-hydrogen) atoms. The van der Waals surface area contributed by atoms with E-state index >= 15 is 0 Å². The number of carbonyl (C=O) groups is 2. The van der Waals surface area contributed by atoms with Crippen molar-refractivity contribution in [1.82, 2.24) is 0 Å². The Morgan fingerprint density at radius 1 is 1.29 bits per heavy atom. The number of aliphatic carboxylic acids is 2. The van der Waals surface area contributed by atoms with Gasteiger partial charge < -0.3 is 10.2 Å². The topological polar surface area (TPSA) is 74.6 Å². The van der Waals surface area contributed by atoms with Crippen LogP contribution in [0.1, 0.15) is 52.4 Å². The zero-order chi connectivity index (χ0) is 15.6. The third-order valence-electron chi connectivity index (χ3n) is 4.93. The summed E-state index contributed by atoms with van der Waals surface area (Å²) in [5.74, 6) is -2.37. The Morgan fingerprint density at radius 3 is 2.43 bits per heavy atom. The van der Waals surface area contributed by atoms with E-state index in [1.165, 1.54) is 0 Å². The van der Waals surface area contributed by atoms with E-state index < -0.39 is 23.3 Å². The molecular formula is C17H24O4. The van der Waals surface area contributed by atoms with Crippen molar-refractivity contribution in [3.8, 4) is 0 Å². The third kappa shape index (κ3) is 2.76. The van der Waals surface area contributed by atoms with Gasteiger partial charge in [-0.3, -0.25) is 4.79 Å². The highest BCUT2D eigenvalue weighted by Gasteiger charge is 2.57. The first kappa shape index (κ1) is 15.8. The molecule has 4 heteroatoms. The van der Waals surface area contributed by atoms with Gasteiger partial charge in [0.15, 0.2) is 0 Å². The lowest BCUT2D eigenvalue weighted by atomic mass is 9.60. The maximum atomic E-state index is 11.8. The largest absolute Gasteiger partial charge is 0.481 e. The summed E-state index contributed by atoms with van der Waals surface area (Å²) in [5, 5.41) is 19.3. The molecule has 0 aliphatic heterocycles. The lowest BCUT2D eigenvalue weighted by Crippen LogP contribution is -2.43. The molecule has 2 unspecified atom stereocenters. The molecule has 1 fully saturated rings. The van der Waals surface area contributed by atoms with Crippen LogP contribution in [0, 0.1) is 17.3 Å². The number of rotatable bonds is 7. The molecule has 2 rings (SSSR count). The summed E-state index contributed by atoms with van der Waals surface area (Å²) in [6.45, 7) is 3.88. The summed E-state index contributed by atoms with van der Waals surface area (Å²) >= 11 is 0. The molecule has 2 atom stereocenters. The van der Waals surface area contributed by atoms with E-state index in [2.05, 4.69) is 6.92 Å². The van der Waals surface area contributed by atoms with Crippen LogP contribution in [0.3, 0.4) is 0 Å². The predicted octanol–water partition coefficient (Wildman–Crippen LogP) is 3.63. The molecule has 0 aromatic heterocycles. The summed E-state index contributed by atoms with van der Waals surface area (Å²) in [5.41, 5.74) is 0.338. The van der Waals surface area contributed by atoms with E-state index in [4.69, 9.17) is 0 Å². The quantitative estimate of drug-likeness (QED) is 0.703. The number of unbranched alkanes of at least 4 members (excludes halogenated alkanes) is 2. The highest BCUT2D eigenvalue weighted by molar-refractivity contribution is 5.92. The first-order valence-corrected chi connectivity index (χ1v) is 7.80. The fraction of sp³-hybridized carbons (Fsp3) is 0.647. The van der Waals surface area contributed by atoms with Gasteiger partial charge in [-0.05, 0) is 37.7 Å². The van der Waals surface area contributed by atoms with E-state index in [9.17, 15) is 19.8 Å². The molecule has 0 aromatic rings. The molecule has 0 spiro atoms. The van der Waals surface area contributed by atoms with Crippen LogP contribution in [0.4, 0.5) is 0 Å². The summed E-state index contributed by atoms with van der Waals surface area (Å²) in [6, 6.07) is 0. The smallest absolute Gasteiger partial charge is 0.332 e. The molecule has 2 N–H and O–H groups in total. The highest BCUT2D eigenvalue weighted by Crippen LogP contribution is 2.59. The van der Waals surface area contributed by atoms with Crippen LogP contribution in [0.15, 0.2) is 23.3 Å². The Hall–Kier alpha value is -1.58. The molecular weight excluding hydrogens is 268 g/mol. The van der Waals surface area contributed by atoms with Gasteiger partial charge in [-0.15, -0.1) is 0 Å². The number of hydrogen-bond donors (Lipinski definition) is 2. The standard InChI is InChI=1S/C17H24O4/c1-3-4-5-10-17(12-7-8-12)13(15(18)19)9-6-11(2)14(17)16(20)21/h6,9,12-13H,3-5,7-8,10H2,1-2H3,(H,18,19)(H,20,21). The van der Waals surface area contributed by atoms with Crippen molar-refractivity contribution in [2.45, 2.75) is 52.4 Å². The van der Waals surface area contributed by atoms with E-state index in [1.807, 2.05) is 0 Å². The highest BCUT2D eigenvalue weighted by atomic mass is 16.4. The molecule has 0 heterocycles. The van der Waals surface area contributed by atoms with E-state index in [0.717, 1.165) is 32.1 Å². The maximum absolute atomic E-state index is 11.8. The van der Waals surface area contributed by atoms with Gasteiger partial charge in [-0.1, -0.05) is 38.3 Å². The van der Waals surface area contributed by atoms with Crippen molar-refractivity contribution in [3.63, 3.8) is 0 Å². The Labute approximate surface area is 125 Å².